The summed E-state index contributed by atoms with van der Waals surface area (Å²) in [5.74, 6) is -0.0200. The van der Waals surface area contributed by atoms with Crippen molar-refractivity contribution in [2.75, 3.05) is 20.2 Å². The van der Waals surface area contributed by atoms with Gasteiger partial charge in [0, 0.05) is 23.1 Å². The van der Waals surface area contributed by atoms with Gasteiger partial charge in [-0.15, -0.1) is 0 Å². The molecule has 0 saturated carbocycles. The van der Waals surface area contributed by atoms with E-state index in [-0.39, 0.29) is 24.2 Å². The van der Waals surface area contributed by atoms with Gasteiger partial charge in [-0.1, -0.05) is 41.4 Å². The van der Waals surface area contributed by atoms with E-state index in [2.05, 4.69) is 5.32 Å². The highest BCUT2D eigenvalue weighted by Crippen LogP contribution is 2.27. The SMILES string of the molecule is COc1ccc([C@H](C)NC(=O)[C@H]2CCCN(S(=O)(=O)Cc3ccc(Cl)cc3Cl)C2)cc1. The molecule has 3 rings (SSSR count). The number of ether oxygens (including phenoxy) is 1. The molecule has 0 spiro atoms. The van der Waals surface area contributed by atoms with E-state index >= 15 is 0 Å². The van der Waals surface area contributed by atoms with E-state index < -0.39 is 15.9 Å². The van der Waals surface area contributed by atoms with Crippen molar-refractivity contribution in [1.29, 1.82) is 0 Å². The second-order valence-corrected chi connectivity index (χ2v) is 10.5. The van der Waals surface area contributed by atoms with E-state index in [0.29, 0.717) is 35.0 Å². The lowest BCUT2D eigenvalue weighted by molar-refractivity contribution is -0.126. The van der Waals surface area contributed by atoms with Gasteiger partial charge >= 0.3 is 0 Å². The number of carbonyl (C=O) groups excluding carboxylic acids is 1. The van der Waals surface area contributed by atoms with Crippen LogP contribution in [0.25, 0.3) is 0 Å². The number of hydrogen-bond acceptors (Lipinski definition) is 4. The molecule has 0 aliphatic carbocycles. The molecule has 6 nitrogen and oxygen atoms in total. The first kappa shape index (κ1) is 23.9. The zero-order valence-corrected chi connectivity index (χ0v) is 19.8. The van der Waals surface area contributed by atoms with Crippen LogP contribution in [0.3, 0.4) is 0 Å². The summed E-state index contributed by atoms with van der Waals surface area (Å²) in [6.07, 6.45) is 1.28. The first-order valence-corrected chi connectivity index (χ1v) is 12.4. The lowest BCUT2D eigenvalue weighted by Gasteiger charge is -2.32. The Morgan fingerprint density at radius 1 is 1.23 bits per heavy atom. The first-order chi connectivity index (χ1) is 14.7. The number of rotatable bonds is 7. The van der Waals surface area contributed by atoms with E-state index in [1.165, 1.54) is 10.4 Å². The molecule has 1 fully saturated rings. The maximum Gasteiger partial charge on any atom is 0.224 e. The minimum Gasteiger partial charge on any atom is -0.497 e. The molecule has 0 aromatic heterocycles. The van der Waals surface area contributed by atoms with Crippen molar-refractivity contribution in [1.82, 2.24) is 9.62 Å². The van der Waals surface area contributed by atoms with Gasteiger partial charge in [0.05, 0.1) is 24.8 Å². The summed E-state index contributed by atoms with van der Waals surface area (Å²) < 4.78 is 32.5. The average molecular weight is 485 g/mol. The highest BCUT2D eigenvalue weighted by molar-refractivity contribution is 7.88. The Balaban J connectivity index is 1.63. The van der Waals surface area contributed by atoms with Gasteiger partial charge in [0.2, 0.25) is 15.9 Å². The molecule has 9 heteroatoms. The number of carbonyl (C=O) groups is 1. The molecule has 1 aliphatic rings. The summed E-state index contributed by atoms with van der Waals surface area (Å²) >= 11 is 12.0. The van der Waals surface area contributed by atoms with Crippen LogP contribution in [-0.4, -0.2) is 38.8 Å². The van der Waals surface area contributed by atoms with Gasteiger partial charge in [-0.2, -0.15) is 0 Å². The number of hydrogen-bond donors (Lipinski definition) is 1. The average Bonchev–Trinajstić information content (AvgIpc) is 2.75. The van der Waals surface area contributed by atoms with Crippen molar-refractivity contribution in [2.24, 2.45) is 5.92 Å². The van der Waals surface area contributed by atoms with Crippen molar-refractivity contribution in [2.45, 2.75) is 31.6 Å². The fourth-order valence-corrected chi connectivity index (χ4v) is 5.84. The van der Waals surface area contributed by atoms with Crippen LogP contribution in [0, 0.1) is 5.92 Å². The number of sulfonamides is 1. The van der Waals surface area contributed by atoms with Crippen molar-refractivity contribution < 1.29 is 17.9 Å². The molecule has 168 valence electrons. The van der Waals surface area contributed by atoms with Gasteiger partial charge < -0.3 is 10.1 Å². The number of halogens is 2. The second kappa shape index (κ2) is 10.2. The van der Waals surface area contributed by atoms with Crippen molar-refractivity contribution in [3.63, 3.8) is 0 Å². The maximum absolute atomic E-state index is 13.0. The molecular formula is C22H26Cl2N2O4S. The number of nitrogens with one attached hydrogen (secondary N) is 1. The molecule has 31 heavy (non-hydrogen) atoms. The van der Waals surface area contributed by atoms with E-state index in [9.17, 15) is 13.2 Å². The zero-order chi connectivity index (χ0) is 22.6. The summed E-state index contributed by atoms with van der Waals surface area (Å²) in [4.78, 5) is 12.8. The van der Waals surface area contributed by atoms with Crippen LogP contribution >= 0.6 is 23.2 Å². The molecule has 1 amide bonds. The third-order valence-electron chi connectivity index (χ3n) is 5.48. The van der Waals surface area contributed by atoms with E-state index in [1.54, 1.807) is 19.2 Å². The minimum atomic E-state index is -3.61. The van der Waals surface area contributed by atoms with Crippen LogP contribution in [0.2, 0.25) is 10.0 Å². The molecule has 1 N–H and O–H groups in total. The summed E-state index contributed by atoms with van der Waals surface area (Å²) in [7, 11) is -2.01. The molecule has 2 aromatic rings. The zero-order valence-electron chi connectivity index (χ0n) is 17.5. The third-order valence-corrected chi connectivity index (χ3v) is 7.86. The van der Waals surface area contributed by atoms with Crippen LogP contribution in [0.15, 0.2) is 42.5 Å². The summed E-state index contributed by atoms with van der Waals surface area (Å²) in [5, 5.41) is 3.77. The van der Waals surface area contributed by atoms with Crippen LogP contribution in [-0.2, 0) is 20.6 Å². The molecule has 0 unspecified atom stereocenters. The molecule has 2 aromatic carbocycles. The molecule has 1 aliphatic heterocycles. The second-order valence-electron chi connectivity index (χ2n) is 7.69. The van der Waals surface area contributed by atoms with Crippen LogP contribution < -0.4 is 10.1 Å². The smallest absolute Gasteiger partial charge is 0.224 e. The van der Waals surface area contributed by atoms with Gasteiger partial charge in [0.15, 0.2) is 0 Å². The lowest BCUT2D eigenvalue weighted by atomic mass is 9.98. The number of nitrogens with zero attached hydrogens (tertiary/aromatic N) is 1. The van der Waals surface area contributed by atoms with E-state index in [4.69, 9.17) is 27.9 Å². The quantitative estimate of drug-likeness (QED) is 0.630. The lowest BCUT2D eigenvalue weighted by Crippen LogP contribution is -2.46. The Bertz CT molecular complexity index is 1030. The van der Waals surface area contributed by atoms with Crippen LogP contribution in [0.1, 0.15) is 36.9 Å². The Labute approximate surface area is 193 Å². The van der Waals surface area contributed by atoms with Crippen molar-refractivity contribution in [3.8, 4) is 5.75 Å². The first-order valence-electron chi connectivity index (χ1n) is 10.1. The van der Waals surface area contributed by atoms with Crippen molar-refractivity contribution >= 4 is 39.1 Å². The molecule has 0 bridgehead atoms. The predicted molar refractivity (Wildman–Crippen MR) is 123 cm³/mol. The van der Waals surface area contributed by atoms with Crippen LogP contribution in [0.4, 0.5) is 0 Å². The van der Waals surface area contributed by atoms with Gasteiger partial charge in [-0.25, -0.2) is 12.7 Å². The largest absolute Gasteiger partial charge is 0.497 e. The van der Waals surface area contributed by atoms with Gasteiger partial charge in [-0.05, 0) is 55.2 Å². The van der Waals surface area contributed by atoms with Gasteiger partial charge in [0.1, 0.15) is 5.75 Å². The summed E-state index contributed by atoms with van der Waals surface area (Å²) in [6.45, 7) is 2.46. The fraction of sp³-hybridized carbons (Fsp3) is 0.409. The maximum atomic E-state index is 13.0. The molecule has 2 atom stereocenters. The number of benzene rings is 2. The Morgan fingerprint density at radius 2 is 1.94 bits per heavy atom. The summed E-state index contributed by atoms with van der Waals surface area (Å²) in [6, 6.07) is 12.1. The third kappa shape index (κ3) is 6.13. The van der Waals surface area contributed by atoms with E-state index in [0.717, 1.165) is 11.3 Å². The monoisotopic (exact) mass is 484 g/mol. The van der Waals surface area contributed by atoms with Gasteiger partial charge in [0.25, 0.3) is 0 Å². The molecule has 0 radical (unpaired) electrons. The highest BCUT2D eigenvalue weighted by Gasteiger charge is 2.33. The Kier molecular flexibility index (Phi) is 7.86. The molecular weight excluding hydrogens is 459 g/mol. The number of piperidine rings is 1. The standard InChI is InChI=1S/C22H26Cl2N2O4S/c1-15(16-6-9-20(30-2)10-7-16)25-22(27)17-4-3-11-26(13-17)31(28,29)14-18-5-8-19(23)12-21(18)24/h5-10,12,15,17H,3-4,11,13-14H2,1-2H3,(H,25,27)/t15-,17-/m0/s1. The van der Waals surface area contributed by atoms with E-state index in [1.807, 2.05) is 31.2 Å². The predicted octanol–water partition coefficient (Wildman–Crippen LogP) is 4.42. The number of amides is 1. The molecule has 1 saturated heterocycles. The molecule has 1 heterocycles. The minimum absolute atomic E-state index is 0.146. The summed E-state index contributed by atoms with van der Waals surface area (Å²) in [5.41, 5.74) is 1.44. The van der Waals surface area contributed by atoms with Gasteiger partial charge in [-0.3, -0.25) is 4.79 Å². The normalized spacial score (nSPS) is 18.4. The van der Waals surface area contributed by atoms with Crippen molar-refractivity contribution in [3.05, 3.63) is 63.6 Å². The highest BCUT2D eigenvalue weighted by atomic mass is 35.5. The fourth-order valence-electron chi connectivity index (χ4n) is 3.64. The topological polar surface area (TPSA) is 75.7 Å². The number of methoxy groups -OCH3 is 1. The Hall–Kier alpha value is -1.80. The Morgan fingerprint density at radius 3 is 2.58 bits per heavy atom. The van der Waals surface area contributed by atoms with Crippen LogP contribution in [0.5, 0.6) is 5.75 Å².